The molecule has 0 saturated carbocycles. The summed E-state index contributed by atoms with van der Waals surface area (Å²) in [6.45, 7) is 2.39. The summed E-state index contributed by atoms with van der Waals surface area (Å²) < 4.78 is 5.00. The number of nitrogens with zero attached hydrogens (tertiary/aromatic N) is 1. The maximum atomic E-state index is 12.3. The van der Waals surface area contributed by atoms with Crippen LogP contribution in [-0.4, -0.2) is 25.0 Å². The lowest BCUT2D eigenvalue weighted by molar-refractivity contribution is 0.0951. The van der Waals surface area contributed by atoms with E-state index in [4.69, 9.17) is 4.74 Å². The Labute approximate surface area is 124 Å². The van der Waals surface area contributed by atoms with E-state index < -0.39 is 0 Å². The van der Waals surface area contributed by atoms with Gasteiger partial charge >= 0.3 is 0 Å². The second kappa shape index (κ2) is 6.74. The van der Waals surface area contributed by atoms with Gasteiger partial charge in [-0.1, -0.05) is 17.7 Å². The van der Waals surface area contributed by atoms with Crippen LogP contribution in [0.25, 0.3) is 0 Å². The number of carbonyl (C=O) groups excluding carboxylic acids is 1. The number of nitrogens with one attached hydrogen (secondary N) is 2. The van der Waals surface area contributed by atoms with Crippen LogP contribution in [0.5, 0.6) is 5.88 Å². The number of ether oxygens (including phenoxy) is 1. The number of pyridine rings is 1. The number of aromatic nitrogens is 1. The topological polar surface area (TPSA) is 63.2 Å². The normalized spacial score (nSPS) is 10.0. The second-order valence-electron chi connectivity index (χ2n) is 4.69. The molecule has 0 aliphatic heterocycles. The zero-order valence-electron chi connectivity index (χ0n) is 12.4. The maximum absolute atomic E-state index is 12.3. The number of methoxy groups -OCH3 is 1. The molecule has 5 nitrogen and oxygen atoms in total. The van der Waals surface area contributed by atoms with Crippen LogP contribution >= 0.6 is 0 Å². The average molecular weight is 285 g/mol. The molecule has 0 unspecified atom stereocenters. The van der Waals surface area contributed by atoms with E-state index in [1.54, 1.807) is 26.4 Å². The first-order chi connectivity index (χ1) is 10.1. The number of hydrogen-bond acceptors (Lipinski definition) is 4. The smallest absolute Gasteiger partial charge is 0.253 e. The molecular formula is C16H19N3O2. The summed E-state index contributed by atoms with van der Waals surface area (Å²) in [5.74, 6) is 0.445. The molecular weight excluding hydrogens is 266 g/mol. The van der Waals surface area contributed by atoms with Gasteiger partial charge in [0.2, 0.25) is 5.88 Å². The predicted octanol–water partition coefficient (Wildman–Crippen LogP) is 2.37. The molecule has 1 aromatic heterocycles. The van der Waals surface area contributed by atoms with E-state index >= 15 is 0 Å². The molecule has 110 valence electrons. The fraction of sp³-hybridized carbons (Fsp3) is 0.250. The molecule has 0 fully saturated rings. The van der Waals surface area contributed by atoms with Crippen LogP contribution in [0.1, 0.15) is 21.5 Å². The number of amides is 1. The Hall–Kier alpha value is -2.56. The van der Waals surface area contributed by atoms with Crippen molar-refractivity contribution in [1.29, 1.82) is 0 Å². The minimum absolute atomic E-state index is 0.112. The number of rotatable bonds is 5. The maximum Gasteiger partial charge on any atom is 0.253 e. The third-order valence-corrected chi connectivity index (χ3v) is 3.15. The van der Waals surface area contributed by atoms with E-state index in [2.05, 4.69) is 15.6 Å². The molecule has 0 aliphatic rings. The Balaban J connectivity index is 2.05. The third kappa shape index (κ3) is 3.72. The number of benzene rings is 1. The number of carbonyl (C=O) groups is 1. The van der Waals surface area contributed by atoms with Gasteiger partial charge in [0.25, 0.3) is 5.91 Å². The third-order valence-electron chi connectivity index (χ3n) is 3.15. The lowest BCUT2D eigenvalue weighted by atomic mass is 10.1. The molecule has 2 aromatic rings. The quantitative estimate of drug-likeness (QED) is 0.885. The number of anilines is 1. The van der Waals surface area contributed by atoms with E-state index in [1.807, 2.05) is 31.2 Å². The van der Waals surface area contributed by atoms with Gasteiger partial charge in [0.1, 0.15) is 0 Å². The van der Waals surface area contributed by atoms with Crippen molar-refractivity contribution in [3.8, 4) is 5.88 Å². The Morgan fingerprint density at radius 2 is 2.10 bits per heavy atom. The summed E-state index contributed by atoms with van der Waals surface area (Å²) in [7, 11) is 3.37. The highest BCUT2D eigenvalue weighted by molar-refractivity contribution is 5.99. The standard InChI is InChI=1S/C16H19N3O2/c1-11-4-6-14(17-2)13(8-11)16(20)19-10-12-5-7-15(21-3)18-9-12/h4-9,17H,10H2,1-3H3,(H,19,20). The fourth-order valence-electron chi connectivity index (χ4n) is 1.98. The molecule has 0 saturated heterocycles. The van der Waals surface area contributed by atoms with Crippen molar-refractivity contribution in [3.63, 3.8) is 0 Å². The molecule has 0 spiro atoms. The highest BCUT2D eigenvalue weighted by Gasteiger charge is 2.10. The van der Waals surface area contributed by atoms with Crippen LogP contribution in [0.15, 0.2) is 36.5 Å². The number of aryl methyl sites for hydroxylation is 1. The number of hydrogen-bond donors (Lipinski definition) is 2. The minimum atomic E-state index is -0.112. The summed E-state index contributed by atoms with van der Waals surface area (Å²) >= 11 is 0. The highest BCUT2D eigenvalue weighted by Crippen LogP contribution is 2.17. The molecule has 1 aromatic carbocycles. The Kier molecular flexibility index (Phi) is 4.77. The van der Waals surface area contributed by atoms with Crippen LogP contribution in [0.4, 0.5) is 5.69 Å². The van der Waals surface area contributed by atoms with E-state index in [0.717, 1.165) is 16.8 Å². The van der Waals surface area contributed by atoms with Gasteiger partial charge in [-0.15, -0.1) is 0 Å². The van der Waals surface area contributed by atoms with Crippen LogP contribution in [-0.2, 0) is 6.54 Å². The lowest BCUT2D eigenvalue weighted by Crippen LogP contribution is -2.23. The van der Waals surface area contributed by atoms with Crippen LogP contribution in [0.3, 0.4) is 0 Å². The zero-order valence-corrected chi connectivity index (χ0v) is 12.4. The van der Waals surface area contributed by atoms with E-state index in [-0.39, 0.29) is 5.91 Å². The molecule has 0 radical (unpaired) electrons. The van der Waals surface area contributed by atoms with Crippen molar-refractivity contribution in [3.05, 3.63) is 53.2 Å². The van der Waals surface area contributed by atoms with Gasteiger partial charge in [0.05, 0.1) is 12.7 Å². The Bertz CT molecular complexity index is 624. The van der Waals surface area contributed by atoms with Gasteiger partial charge < -0.3 is 15.4 Å². The van der Waals surface area contributed by atoms with Crippen molar-refractivity contribution < 1.29 is 9.53 Å². The van der Waals surface area contributed by atoms with Crippen molar-refractivity contribution in [1.82, 2.24) is 10.3 Å². The van der Waals surface area contributed by atoms with Crippen molar-refractivity contribution in [2.75, 3.05) is 19.5 Å². The van der Waals surface area contributed by atoms with Crippen molar-refractivity contribution in [2.24, 2.45) is 0 Å². The average Bonchev–Trinajstić information content (AvgIpc) is 2.53. The minimum Gasteiger partial charge on any atom is -0.481 e. The highest BCUT2D eigenvalue weighted by atomic mass is 16.5. The molecule has 1 heterocycles. The van der Waals surface area contributed by atoms with Crippen LogP contribution in [0.2, 0.25) is 0 Å². The SMILES string of the molecule is CNc1ccc(C)cc1C(=O)NCc1ccc(OC)nc1. The predicted molar refractivity (Wildman–Crippen MR) is 82.7 cm³/mol. The summed E-state index contributed by atoms with van der Waals surface area (Å²) in [4.78, 5) is 16.4. The molecule has 5 heteroatoms. The van der Waals surface area contributed by atoms with Gasteiger partial charge in [-0.05, 0) is 24.6 Å². The molecule has 21 heavy (non-hydrogen) atoms. The summed E-state index contributed by atoms with van der Waals surface area (Å²) in [6, 6.07) is 9.39. The largest absolute Gasteiger partial charge is 0.481 e. The summed E-state index contributed by atoms with van der Waals surface area (Å²) in [6.07, 6.45) is 1.69. The van der Waals surface area contributed by atoms with Crippen LogP contribution in [0, 0.1) is 6.92 Å². The van der Waals surface area contributed by atoms with Crippen molar-refractivity contribution >= 4 is 11.6 Å². The first-order valence-electron chi connectivity index (χ1n) is 6.69. The van der Waals surface area contributed by atoms with Gasteiger partial charge in [-0.25, -0.2) is 4.98 Å². The second-order valence-corrected chi connectivity index (χ2v) is 4.69. The van der Waals surface area contributed by atoms with E-state index in [9.17, 15) is 4.79 Å². The summed E-state index contributed by atoms with van der Waals surface area (Å²) in [5, 5.41) is 5.92. The van der Waals surface area contributed by atoms with Gasteiger partial charge in [0, 0.05) is 31.5 Å². The van der Waals surface area contributed by atoms with Crippen LogP contribution < -0.4 is 15.4 Å². The van der Waals surface area contributed by atoms with Gasteiger partial charge in [0.15, 0.2) is 0 Å². The van der Waals surface area contributed by atoms with E-state index in [0.29, 0.717) is 18.0 Å². The summed E-state index contributed by atoms with van der Waals surface area (Å²) in [5.41, 5.74) is 3.41. The Morgan fingerprint density at radius 3 is 2.71 bits per heavy atom. The molecule has 2 N–H and O–H groups in total. The first kappa shape index (κ1) is 14.8. The molecule has 1 amide bonds. The first-order valence-corrected chi connectivity index (χ1v) is 6.69. The van der Waals surface area contributed by atoms with Gasteiger partial charge in [-0.3, -0.25) is 4.79 Å². The lowest BCUT2D eigenvalue weighted by Gasteiger charge is -2.11. The van der Waals surface area contributed by atoms with Crippen molar-refractivity contribution in [2.45, 2.75) is 13.5 Å². The molecule has 0 atom stereocenters. The van der Waals surface area contributed by atoms with Gasteiger partial charge in [-0.2, -0.15) is 0 Å². The monoisotopic (exact) mass is 285 g/mol. The fourth-order valence-corrected chi connectivity index (χ4v) is 1.98. The Morgan fingerprint density at radius 1 is 1.29 bits per heavy atom. The zero-order chi connectivity index (χ0) is 15.2. The molecule has 0 bridgehead atoms. The molecule has 2 rings (SSSR count). The van der Waals surface area contributed by atoms with E-state index in [1.165, 1.54) is 0 Å². The molecule has 0 aliphatic carbocycles.